The van der Waals surface area contributed by atoms with E-state index in [1.165, 1.54) is 16.8 Å². The second-order valence-corrected chi connectivity index (χ2v) is 7.74. The van der Waals surface area contributed by atoms with Crippen molar-refractivity contribution in [3.63, 3.8) is 0 Å². The van der Waals surface area contributed by atoms with Crippen LogP contribution in [0.5, 0.6) is 17.2 Å². The van der Waals surface area contributed by atoms with E-state index in [2.05, 4.69) is 10.1 Å². The summed E-state index contributed by atoms with van der Waals surface area (Å²) < 4.78 is 16.4. The minimum atomic E-state index is -0.440. The lowest BCUT2D eigenvalue weighted by Gasteiger charge is -2.20. The van der Waals surface area contributed by atoms with Gasteiger partial charge in [0.2, 0.25) is 5.17 Å². The molecule has 2 aromatic rings. The van der Waals surface area contributed by atoms with Crippen molar-refractivity contribution in [2.45, 2.75) is 6.92 Å². The minimum Gasteiger partial charge on any atom is -0.497 e. The van der Waals surface area contributed by atoms with Gasteiger partial charge >= 0.3 is 0 Å². The molecular formula is C22H20N4O4S. The van der Waals surface area contributed by atoms with Crippen molar-refractivity contribution in [1.82, 2.24) is 5.01 Å². The Morgan fingerprint density at radius 3 is 2.19 bits per heavy atom. The third-order valence-corrected chi connectivity index (χ3v) is 5.25. The number of hydrogen-bond acceptors (Lipinski definition) is 7. The summed E-state index contributed by atoms with van der Waals surface area (Å²) in [4.78, 5) is 16.3. The van der Waals surface area contributed by atoms with Gasteiger partial charge in [-0.05, 0) is 66.7 Å². The smallest absolute Gasteiger partial charge is 0.283 e. The van der Waals surface area contributed by atoms with Crippen LogP contribution in [0.4, 0.5) is 0 Å². The van der Waals surface area contributed by atoms with Gasteiger partial charge < -0.3 is 14.2 Å². The van der Waals surface area contributed by atoms with Crippen molar-refractivity contribution < 1.29 is 19.0 Å². The van der Waals surface area contributed by atoms with Gasteiger partial charge in [0.25, 0.3) is 5.91 Å². The van der Waals surface area contributed by atoms with Gasteiger partial charge in [-0.15, -0.1) is 0 Å². The highest BCUT2D eigenvalue weighted by molar-refractivity contribution is 8.26. The molecule has 2 aliphatic rings. The predicted octanol–water partition coefficient (Wildman–Crippen LogP) is 3.79. The van der Waals surface area contributed by atoms with E-state index in [1.807, 2.05) is 43.3 Å². The van der Waals surface area contributed by atoms with Crippen LogP contribution in [-0.4, -0.2) is 47.3 Å². The fraction of sp³-hybridized carbons (Fsp3) is 0.182. The van der Waals surface area contributed by atoms with Crippen molar-refractivity contribution in [3.8, 4) is 17.2 Å². The van der Waals surface area contributed by atoms with Crippen LogP contribution in [0.2, 0.25) is 0 Å². The van der Waals surface area contributed by atoms with Gasteiger partial charge in [-0.25, -0.2) is 0 Å². The van der Waals surface area contributed by atoms with Gasteiger partial charge in [-0.3, -0.25) is 10.2 Å². The largest absolute Gasteiger partial charge is 0.497 e. The van der Waals surface area contributed by atoms with E-state index in [4.69, 9.17) is 19.6 Å². The molecule has 8 nitrogen and oxygen atoms in total. The number of hydrogen-bond donors (Lipinski definition) is 1. The maximum Gasteiger partial charge on any atom is 0.283 e. The molecule has 0 bridgehead atoms. The molecule has 1 N–H and O–H groups in total. The molecule has 9 heteroatoms. The fourth-order valence-corrected chi connectivity index (χ4v) is 3.64. The molecule has 0 aliphatic carbocycles. The summed E-state index contributed by atoms with van der Waals surface area (Å²) in [6, 6.07) is 14.6. The number of aliphatic imine (C=N–C) groups is 1. The van der Waals surface area contributed by atoms with Crippen LogP contribution in [0.15, 0.2) is 64.2 Å². The Balaban J connectivity index is 1.33. The van der Waals surface area contributed by atoms with Crippen LogP contribution in [-0.2, 0) is 4.79 Å². The van der Waals surface area contributed by atoms with Crippen LogP contribution in [0.25, 0.3) is 6.08 Å². The number of amides is 1. The predicted molar refractivity (Wildman–Crippen MR) is 121 cm³/mol. The van der Waals surface area contributed by atoms with Gasteiger partial charge in [0.1, 0.15) is 30.5 Å². The first-order valence-electron chi connectivity index (χ1n) is 9.50. The summed E-state index contributed by atoms with van der Waals surface area (Å²) in [6.07, 6.45) is 1.63. The Labute approximate surface area is 183 Å². The number of rotatable bonds is 7. The summed E-state index contributed by atoms with van der Waals surface area (Å²) in [5, 5.41) is 15.1. The van der Waals surface area contributed by atoms with Crippen molar-refractivity contribution >= 4 is 39.8 Å². The number of hydrazone groups is 1. The zero-order valence-electron chi connectivity index (χ0n) is 17.0. The Kier molecular flexibility index (Phi) is 6.03. The fourth-order valence-electron chi connectivity index (χ4n) is 2.91. The second kappa shape index (κ2) is 9.05. The molecule has 0 unspecified atom stereocenters. The maximum absolute atomic E-state index is 12.3. The van der Waals surface area contributed by atoms with E-state index in [0.717, 1.165) is 22.1 Å². The van der Waals surface area contributed by atoms with E-state index >= 15 is 0 Å². The first kappa shape index (κ1) is 20.7. The van der Waals surface area contributed by atoms with Crippen molar-refractivity contribution in [2.24, 2.45) is 10.1 Å². The van der Waals surface area contributed by atoms with E-state index in [0.29, 0.717) is 24.1 Å². The molecule has 2 heterocycles. The molecular weight excluding hydrogens is 416 g/mol. The van der Waals surface area contributed by atoms with Gasteiger partial charge in [0, 0.05) is 0 Å². The molecule has 1 amide bonds. The molecule has 0 radical (unpaired) electrons. The Bertz CT molecular complexity index is 1090. The zero-order chi connectivity index (χ0) is 21.8. The number of fused-ring (bicyclic) bond motifs is 1. The van der Waals surface area contributed by atoms with Gasteiger partial charge in [0.15, 0.2) is 5.84 Å². The maximum atomic E-state index is 12.3. The number of thioether (sulfide) groups is 1. The van der Waals surface area contributed by atoms with Crippen LogP contribution in [0.3, 0.4) is 0 Å². The van der Waals surface area contributed by atoms with Crippen molar-refractivity contribution in [3.05, 3.63) is 59.7 Å². The molecule has 31 heavy (non-hydrogen) atoms. The number of carbonyl (C=O) groups excluding carboxylic acids is 1. The highest BCUT2D eigenvalue weighted by atomic mass is 32.2. The first-order chi connectivity index (χ1) is 15.0. The van der Waals surface area contributed by atoms with Gasteiger partial charge in [-0.1, -0.05) is 12.1 Å². The number of benzene rings is 2. The highest BCUT2D eigenvalue weighted by Crippen LogP contribution is 2.28. The molecule has 4 rings (SSSR count). The SMILES string of the molecule is COc1ccc(OCCOc2ccc(/C=C3\C(=N)N4N=C(C)SC4=NC3=O)cc2)cc1. The van der Waals surface area contributed by atoms with E-state index < -0.39 is 5.91 Å². The number of amidine groups is 2. The quantitative estimate of drug-likeness (QED) is 0.524. The van der Waals surface area contributed by atoms with Gasteiger partial charge in [0.05, 0.1) is 17.7 Å². The summed E-state index contributed by atoms with van der Waals surface area (Å²) >= 11 is 1.28. The Morgan fingerprint density at radius 1 is 1.00 bits per heavy atom. The molecule has 0 saturated carbocycles. The third-order valence-electron chi connectivity index (χ3n) is 4.43. The normalized spacial score (nSPS) is 16.7. The molecule has 0 atom stereocenters. The second-order valence-electron chi connectivity index (χ2n) is 6.58. The summed E-state index contributed by atoms with van der Waals surface area (Å²) in [7, 11) is 1.62. The Morgan fingerprint density at radius 2 is 1.58 bits per heavy atom. The molecule has 2 aromatic carbocycles. The number of carbonyl (C=O) groups is 1. The monoisotopic (exact) mass is 436 g/mol. The number of methoxy groups -OCH3 is 1. The number of nitrogens with one attached hydrogen (secondary N) is 1. The number of nitrogens with zero attached hydrogens (tertiary/aromatic N) is 3. The number of ether oxygens (including phenoxy) is 3. The minimum absolute atomic E-state index is 0.0235. The summed E-state index contributed by atoms with van der Waals surface area (Å²) in [6.45, 7) is 2.60. The first-order valence-corrected chi connectivity index (χ1v) is 10.3. The average Bonchev–Trinajstić information content (AvgIpc) is 3.16. The van der Waals surface area contributed by atoms with Gasteiger partial charge in [-0.2, -0.15) is 15.1 Å². The van der Waals surface area contributed by atoms with E-state index in [9.17, 15) is 4.79 Å². The zero-order valence-corrected chi connectivity index (χ0v) is 17.8. The average molecular weight is 436 g/mol. The topological polar surface area (TPSA) is 96.6 Å². The molecule has 158 valence electrons. The van der Waals surface area contributed by atoms with Crippen molar-refractivity contribution in [1.29, 1.82) is 5.41 Å². The van der Waals surface area contributed by atoms with Crippen LogP contribution < -0.4 is 14.2 Å². The standard InChI is InChI=1S/C22H20N4O4S/c1-14-25-26-20(23)19(21(27)24-22(26)31-14)13-15-3-5-17(6-4-15)29-11-12-30-18-9-7-16(28-2)8-10-18/h3-10,13,23H,11-12H2,1-2H3/b19-13+,23-20?. The summed E-state index contributed by atoms with van der Waals surface area (Å²) in [5.41, 5.74) is 0.963. The highest BCUT2D eigenvalue weighted by Gasteiger charge is 2.34. The molecule has 0 fully saturated rings. The van der Waals surface area contributed by atoms with Crippen LogP contribution in [0, 0.1) is 5.41 Å². The Hall–Kier alpha value is -3.59. The molecule has 2 aliphatic heterocycles. The van der Waals surface area contributed by atoms with E-state index in [1.54, 1.807) is 25.3 Å². The third kappa shape index (κ3) is 4.77. The summed E-state index contributed by atoms with van der Waals surface area (Å²) in [5.74, 6) is 1.79. The van der Waals surface area contributed by atoms with Crippen LogP contribution >= 0.6 is 11.8 Å². The lowest BCUT2D eigenvalue weighted by atomic mass is 10.1. The van der Waals surface area contributed by atoms with Crippen molar-refractivity contribution in [2.75, 3.05) is 20.3 Å². The van der Waals surface area contributed by atoms with Crippen LogP contribution in [0.1, 0.15) is 12.5 Å². The molecule has 0 spiro atoms. The van der Waals surface area contributed by atoms with E-state index in [-0.39, 0.29) is 11.4 Å². The molecule has 0 aromatic heterocycles. The lowest BCUT2D eigenvalue weighted by molar-refractivity contribution is -0.114. The molecule has 0 saturated heterocycles. The lowest BCUT2D eigenvalue weighted by Crippen LogP contribution is -2.35.